The molecule has 0 bridgehead atoms. The lowest BCUT2D eigenvalue weighted by atomic mass is 10.1. The Labute approximate surface area is 139 Å². The van der Waals surface area contributed by atoms with E-state index < -0.39 is 0 Å². The number of thiazole rings is 1. The molecule has 0 aromatic carbocycles. The first-order chi connectivity index (χ1) is 11.3. The number of amides is 1. The zero-order valence-electron chi connectivity index (χ0n) is 13.1. The van der Waals surface area contributed by atoms with Crippen LogP contribution < -0.4 is 5.32 Å². The van der Waals surface area contributed by atoms with Gasteiger partial charge in [0.15, 0.2) is 5.69 Å². The fourth-order valence-corrected chi connectivity index (χ4v) is 3.33. The molecule has 122 valence electrons. The Bertz CT molecular complexity index is 647. The molecular weight excluding hydrogens is 312 g/mol. The predicted octanol–water partition coefficient (Wildman–Crippen LogP) is 2.78. The molecule has 1 aliphatic heterocycles. The molecule has 2 aromatic heterocycles. The summed E-state index contributed by atoms with van der Waals surface area (Å²) in [6, 6.07) is 3.76. The largest absolute Gasteiger partial charge is 0.381 e. The maximum atomic E-state index is 12.7. The number of nitrogens with one attached hydrogen (secondary N) is 1. The molecule has 1 amide bonds. The van der Waals surface area contributed by atoms with Gasteiger partial charge in [0.2, 0.25) is 0 Å². The summed E-state index contributed by atoms with van der Waals surface area (Å²) in [5, 5.41) is 3.98. The van der Waals surface area contributed by atoms with Crippen LogP contribution in [-0.2, 0) is 4.74 Å². The van der Waals surface area contributed by atoms with Crippen molar-refractivity contribution in [1.82, 2.24) is 14.9 Å². The molecule has 2 aromatic rings. The van der Waals surface area contributed by atoms with Crippen molar-refractivity contribution < 1.29 is 9.53 Å². The normalized spacial score (nSPS) is 17.4. The van der Waals surface area contributed by atoms with E-state index in [0.717, 1.165) is 43.4 Å². The second-order valence-corrected chi connectivity index (χ2v) is 6.32. The van der Waals surface area contributed by atoms with Gasteiger partial charge in [0.25, 0.3) is 5.91 Å². The first-order valence-electron chi connectivity index (χ1n) is 7.75. The van der Waals surface area contributed by atoms with Gasteiger partial charge in [-0.15, -0.1) is 11.3 Å². The van der Waals surface area contributed by atoms with Crippen LogP contribution in [0.5, 0.6) is 0 Å². The van der Waals surface area contributed by atoms with Crippen molar-refractivity contribution in [3.63, 3.8) is 0 Å². The highest BCUT2D eigenvalue weighted by Gasteiger charge is 2.29. The molecule has 0 unspecified atom stereocenters. The van der Waals surface area contributed by atoms with Crippen LogP contribution in [0.1, 0.15) is 23.8 Å². The number of aromatic nitrogens is 2. The molecule has 3 heterocycles. The Hall–Kier alpha value is -1.99. The number of hydrogen-bond acceptors (Lipinski definition) is 6. The van der Waals surface area contributed by atoms with E-state index in [1.54, 1.807) is 17.9 Å². The summed E-state index contributed by atoms with van der Waals surface area (Å²) in [5.74, 6) is 0.406. The third-order valence-electron chi connectivity index (χ3n) is 3.82. The third-order valence-corrected chi connectivity index (χ3v) is 4.56. The molecule has 0 aliphatic carbocycles. The highest BCUT2D eigenvalue weighted by molar-refractivity contribution is 7.14. The Balaban J connectivity index is 1.66. The monoisotopic (exact) mass is 332 g/mol. The molecule has 1 aliphatic rings. The summed E-state index contributed by atoms with van der Waals surface area (Å²) >= 11 is 1.42. The quantitative estimate of drug-likeness (QED) is 0.881. The molecular formula is C16H20N4O2S. The molecule has 0 saturated carbocycles. The van der Waals surface area contributed by atoms with Crippen molar-refractivity contribution in [3.8, 4) is 0 Å². The van der Waals surface area contributed by atoms with Crippen molar-refractivity contribution in [2.45, 2.75) is 13.3 Å². The number of ether oxygens (including phenoxy) is 1. The van der Waals surface area contributed by atoms with E-state index in [0.29, 0.717) is 11.6 Å². The number of rotatable bonds is 6. The van der Waals surface area contributed by atoms with Crippen molar-refractivity contribution in [3.05, 3.63) is 35.7 Å². The number of hydrogen-bond donors (Lipinski definition) is 1. The lowest BCUT2D eigenvalue weighted by molar-refractivity contribution is 0.0759. The highest BCUT2D eigenvalue weighted by Crippen LogP contribution is 2.27. The summed E-state index contributed by atoms with van der Waals surface area (Å²) in [5.41, 5.74) is 3.03. The van der Waals surface area contributed by atoms with Crippen molar-refractivity contribution >= 4 is 27.9 Å². The van der Waals surface area contributed by atoms with Gasteiger partial charge in [0.05, 0.1) is 24.0 Å². The lowest BCUT2D eigenvalue weighted by Crippen LogP contribution is -2.30. The van der Waals surface area contributed by atoms with Crippen LogP contribution in [0.3, 0.4) is 0 Å². The SMILES string of the molecule is CCOC[C@@H]1CCN(C(=O)c2ncsc2Nc2cccnc2)C1. The second-order valence-electron chi connectivity index (χ2n) is 5.46. The standard InChI is InChI=1S/C16H20N4O2S/c1-2-22-10-12-5-7-20(9-12)16(21)14-15(23-11-18-14)19-13-4-3-6-17-8-13/h3-4,6,8,11-12,19H,2,5,7,9-10H2,1H3/t12-/m1/s1. The van der Waals surface area contributed by atoms with E-state index >= 15 is 0 Å². The first-order valence-corrected chi connectivity index (χ1v) is 8.63. The van der Waals surface area contributed by atoms with Crippen molar-refractivity contribution in [2.24, 2.45) is 5.92 Å². The van der Waals surface area contributed by atoms with Crippen LogP contribution in [0.25, 0.3) is 0 Å². The van der Waals surface area contributed by atoms with Crippen LogP contribution in [0.4, 0.5) is 10.7 Å². The Morgan fingerprint density at radius 3 is 3.26 bits per heavy atom. The molecule has 0 spiro atoms. The van der Waals surface area contributed by atoms with Crippen molar-refractivity contribution in [1.29, 1.82) is 0 Å². The van der Waals surface area contributed by atoms with E-state index in [2.05, 4.69) is 15.3 Å². The molecule has 7 heteroatoms. The van der Waals surface area contributed by atoms with Gasteiger partial charge >= 0.3 is 0 Å². The summed E-state index contributed by atoms with van der Waals surface area (Å²) in [7, 11) is 0. The topological polar surface area (TPSA) is 67.3 Å². The van der Waals surface area contributed by atoms with Crippen LogP contribution in [0.15, 0.2) is 30.0 Å². The van der Waals surface area contributed by atoms with Gasteiger partial charge < -0.3 is 15.0 Å². The van der Waals surface area contributed by atoms with Gasteiger partial charge in [-0.2, -0.15) is 0 Å². The van der Waals surface area contributed by atoms with Gasteiger partial charge in [-0.1, -0.05) is 0 Å². The molecule has 3 rings (SSSR count). The highest BCUT2D eigenvalue weighted by atomic mass is 32.1. The molecule has 1 saturated heterocycles. The molecule has 6 nitrogen and oxygen atoms in total. The van der Waals surface area contributed by atoms with E-state index in [4.69, 9.17) is 4.74 Å². The Morgan fingerprint density at radius 1 is 1.57 bits per heavy atom. The number of nitrogens with zero attached hydrogens (tertiary/aromatic N) is 3. The number of carbonyl (C=O) groups is 1. The average Bonchev–Trinajstić information content (AvgIpc) is 3.22. The first kappa shape index (κ1) is 15.9. The molecule has 1 atom stereocenters. The van der Waals surface area contributed by atoms with Gasteiger partial charge in [0.1, 0.15) is 5.00 Å². The molecule has 1 fully saturated rings. The maximum Gasteiger partial charge on any atom is 0.275 e. The number of likely N-dealkylation sites (tertiary alicyclic amines) is 1. The van der Waals surface area contributed by atoms with E-state index in [1.807, 2.05) is 24.0 Å². The maximum absolute atomic E-state index is 12.7. The van der Waals surface area contributed by atoms with Crippen LogP contribution in [0.2, 0.25) is 0 Å². The summed E-state index contributed by atoms with van der Waals surface area (Å²) in [6.45, 7) is 4.93. The molecule has 0 radical (unpaired) electrons. The van der Waals surface area contributed by atoms with E-state index in [1.165, 1.54) is 11.3 Å². The second kappa shape index (κ2) is 7.52. The van der Waals surface area contributed by atoms with Crippen LogP contribution in [0, 0.1) is 5.92 Å². The Kier molecular flexibility index (Phi) is 5.19. The van der Waals surface area contributed by atoms with Gasteiger partial charge in [-0.05, 0) is 25.5 Å². The van der Waals surface area contributed by atoms with Crippen LogP contribution >= 0.6 is 11.3 Å². The predicted molar refractivity (Wildman–Crippen MR) is 90.1 cm³/mol. The number of pyridine rings is 1. The zero-order chi connectivity index (χ0) is 16.1. The summed E-state index contributed by atoms with van der Waals surface area (Å²) in [6.07, 6.45) is 4.43. The summed E-state index contributed by atoms with van der Waals surface area (Å²) < 4.78 is 5.47. The lowest BCUT2D eigenvalue weighted by Gasteiger charge is -2.16. The number of anilines is 2. The Morgan fingerprint density at radius 2 is 2.48 bits per heavy atom. The van der Waals surface area contributed by atoms with Crippen molar-refractivity contribution in [2.75, 3.05) is 31.6 Å². The van der Waals surface area contributed by atoms with Gasteiger partial charge in [-0.25, -0.2) is 4.98 Å². The number of carbonyl (C=O) groups excluding carboxylic acids is 1. The van der Waals surface area contributed by atoms with Crippen LogP contribution in [-0.4, -0.2) is 47.1 Å². The molecule has 23 heavy (non-hydrogen) atoms. The minimum Gasteiger partial charge on any atom is -0.381 e. The fraction of sp³-hybridized carbons (Fsp3) is 0.438. The van der Waals surface area contributed by atoms with E-state index in [9.17, 15) is 4.79 Å². The van der Waals surface area contributed by atoms with Gasteiger partial charge in [0, 0.05) is 31.8 Å². The average molecular weight is 332 g/mol. The van der Waals surface area contributed by atoms with E-state index in [-0.39, 0.29) is 5.91 Å². The van der Waals surface area contributed by atoms with Gasteiger partial charge in [-0.3, -0.25) is 9.78 Å². The summed E-state index contributed by atoms with van der Waals surface area (Å²) in [4.78, 5) is 22.9. The minimum absolute atomic E-state index is 0.0170. The minimum atomic E-state index is -0.0170. The third kappa shape index (κ3) is 3.86. The fourth-order valence-electron chi connectivity index (χ4n) is 2.64. The smallest absolute Gasteiger partial charge is 0.275 e. The zero-order valence-corrected chi connectivity index (χ0v) is 13.9. The molecule has 1 N–H and O–H groups in total.